The molecule has 0 aliphatic heterocycles. The van der Waals surface area contributed by atoms with E-state index in [0.29, 0.717) is 6.61 Å². The molecule has 0 fully saturated rings. The Labute approximate surface area is 95.0 Å². The molecule has 0 aliphatic rings. The van der Waals surface area contributed by atoms with Gasteiger partial charge in [-0.3, -0.25) is 5.73 Å². The molecule has 16 heavy (non-hydrogen) atoms. The fourth-order valence-corrected chi connectivity index (χ4v) is 0.292. The first-order valence-corrected chi connectivity index (χ1v) is 4.43. The number of nitrogens with two attached hydrogens (primary N) is 1. The molecule has 0 aromatic heterocycles. The van der Waals surface area contributed by atoms with E-state index in [2.05, 4.69) is 4.74 Å². The van der Waals surface area contributed by atoms with Crippen molar-refractivity contribution in [3.8, 4) is 0 Å². The van der Waals surface area contributed by atoms with Gasteiger partial charge in [-0.25, -0.2) is 0 Å². The van der Waals surface area contributed by atoms with Gasteiger partial charge in [-0.05, 0) is 28.1 Å². The normalized spacial score (nSPS) is 14.2. The van der Waals surface area contributed by atoms with E-state index in [1.165, 1.54) is 6.92 Å². The average Bonchev–Trinajstić information content (AvgIpc) is 1.76. The lowest BCUT2D eigenvalue weighted by Gasteiger charge is -2.15. The predicted octanol–water partition coefficient (Wildman–Crippen LogP) is 1.24. The second-order valence-electron chi connectivity index (χ2n) is 3.32. The Balaban J connectivity index is -0.0000000757. The summed E-state index contributed by atoms with van der Waals surface area (Å²) in [7, 11) is 0. The molecular weight excluding hydrogens is 231 g/mol. The molecule has 1 atom stereocenters. The van der Waals surface area contributed by atoms with E-state index < -0.39 is 13.2 Å². The fraction of sp³-hybridized carbons (Fsp3) is 1.00. The number of hydrogen-bond donors (Lipinski definition) is 2. The molecule has 0 radical (unpaired) electrons. The molecule has 102 valence electrons. The Bertz CT molecular complexity index is 147. The Hall–Kier alpha value is -0.375. The topological polar surface area (TPSA) is 58.7 Å². The molecule has 0 rings (SSSR count). The maximum atomic E-state index is 9.75. The molecule has 9 heteroatoms. The lowest BCUT2D eigenvalue weighted by Crippen LogP contribution is -2.38. The zero-order chi connectivity index (χ0) is 14.0. The van der Waals surface area contributed by atoms with Gasteiger partial charge < -0.3 is 32.0 Å². The number of aliphatic hydroxyl groups is 1. The molecule has 3 N–H and O–H groups in total. The first-order chi connectivity index (χ1) is 6.79. The van der Waals surface area contributed by atoms with Crippen LogP contribution >= 0.6 is 0 Å². The third-order valence-corrected chi connectivity index (χ3v) is 0.437. The van der Waals surface area contributed by atoms with Crippen molar-refractivity contribution in [1.82, 2.24) is 4.90 Å². The van der Waals surface area contributed by atoms with Gasteiger partial charge in [0.05, 0.1) is 0 Å². The average molecular weight is 252 g/mol. The molecule has 4 nitrogen and oxygen atoms in total. The highest BCUT2D eigenvalue weighted by Crippen LogP contribution is 2.06. The predicted molar refractivity (Wildman–Crippen MR) is 57.3 cm³/mol. The highest BCUT2D eigenvalue weighted by Gasteiger charge is 2.20. The van der Waals surface area contributed by atoms with E-state index >= 15 is 0 Å². The smallest absolute Gasteiger partial charge is 0.418 e. The zero-order valence-electron chi connectivity index (χ0n) is 11.2. The number of ether oxygens (including phenoxy) is 1. The SMILES string of the molecule is CCOC(C)(N)O.CN(C)C.F[B-](F)(F)F.[H+]. The summed E-state index contributed by atoms with van der Waals surface area (Å²) in [5, 5.41) is 8.57. The number of halogens is 4. The van der Waals surface area contributed by atoms with Gasteiger partial charge in [-0.1, -0.05) is 0 Å². The van der Waals surface area contributed by atoms with Gasteiger partial charge in [0, 0.05) is 13.5 Å². The minimum atomic E-state index is -6.00. The van der Waals surface area contributed by atoms with Crippen molar-refractivity contribution < 1.29 is 28.5 Å². The van der Waals surface area contributed by atoms with Crippen LogP contribution in [-0.2, 0) is 4.74 Å². The van der Waals surface area contributed by atoms with Gasteiger partial charge in [0.15, 0.2) is 0 Å². The van der Waals surface area contributed by atoms with E-state index in [9.17, 15) is 17.3 Å². The van der Waals surface area contributed by atoms with Gasteiger partial charge in [0.1, 0.15) is 0 Å². The molecule has 0 spiro atoms. The maximum absolute atomic E-state index is 9.75. The van der Waals surface area contributed by atoms with Gasteiger partial charge in [-0.15, -0.1) is 0 Å². The lowest BCUT2D eigenvalue weighted by atomic mass is 10.3. The van der Waals surface area contributed by atoms with Crippen LogP contribution in [0.25, 0.3) is 0 Å². The van der Waals surface area contributed by atoms with Crippen LogP contribution in [0.3, 0.4) is 0 Å². The third kappa shape index (κ3) is 165. The highest BCUT2D eigenvalue weighted by molar-refractivity contribution is 6.50. The van der Waals surface area contributed by atoms with E-state index in [1.54, 1.807) is 6.92 Å². The Morgan fingerprint density at radius 2 is 1.50 bits per heavy atom. The molecule has 0 aliphatic carbocycles. The molecule has 0 saturated heterocycles. The molecule has 0 heterocycles. The molecule has 0 amide bonds. The Morgan fingerprint density at radius 1 is 1.31 bits per heavy atom. The quantitative estimate of drug-likeness (QED) is 0.441. The summed E-state index contributed by atoms with van der Waals surface area (Å²) in [5.74, 6) is -1.45. The van der Waals surface area contributed by atoms with Crippen molar-refractivity contribution in [3.63, 3.8) is 0 Å². The van der Waals surface area contributed by atoms with Crippen molar-refractivity contribution >= 4 is 7.25 Å². The van der Waals surface area contributed by atoms with Crippen molar-refractivity contribution in [1.29, 1.82) is 0 Å². The monoisotopic (exact) mass is 252 g/mol. The van der Waals surface area contributed by atoms with Crippen molar-refractivity contribution in [2.75, 3.05) is 27.7 Å². The summed E-state index contributed by atoms with van der Waals surface area (Å²) in [6, 6.07) is 0. The molecule has 0 saturated carbocycles. The first kappa shape index (κ1) is 21.0. The van der Waals surface area contributed by atoms with E-state index in [4.69, 9.17) is 10.8 Å². The fourth-order valence-electron chi connectivity index (χ4n) is 0.292. The second-order valence-corrected chi connectivity index (χ2v) is 3.32. The summed E-state index contributed by atoms with van der Waals surface area (Å²) >= 11 is 0. The van der Waals surface area contributed by atoms with Crippen molar-refractivity contribution in [2.24, 2.45) is 5.73 Å². The third-order valence-electron chi connectivity index (χ3n) is 0.437. The number of nitrogens with zero attached hydrogens (tertiary/aromatic N) is 1. The van der Waals surface area contributed by atoms with Crippen LogP contribution in [0.1, 0.15) is 15.3 Å². The summed E-state index contributed by atoms with van der Waals surface area (Å²) in [6.45, 7) is 3.58. The minimum absolute atomic E-state index is 0. The molecule has 0 aromatic rings. The molecule has 1 unspecified atom stereocenters. The van der Waals surface area contributed by atoms with Crippen molar-refractivity contribution in [3.05, 3.63) is 0 Å². The Morgan fingerprint density at radius 3 is 1.50 bits per heavy atom. The lowest BCUT2D eigenvalue weighted by molar-refractivity contribution is -0.181. The van der Waals surface area contributed by atoms with Gasteiger partial charge in [0.25, 0.3) is 0 Å². The van der Waals surface area contributed by atoms with Crippen LogP contribution in [0.2, 0.25) is 0 Å². The van der Waals surface area contributed by atoms with Gasteiger partial charge in [0.2, 0.25) is 5.91 Å². The highest BCUT2D eigenvalue weighted by atomic mass is 19.5. The Kier molecular flexibility index (Phi) is 12.9. The van der Waals surface area contributed by atoms with E-state index in [-0.39, 0.29) is 1.43 Å². The van der Waals surface area contributed by atoms with Crippen LogP contribution in [0.5, 0.6) is 0 Å². The van der Waals surface area contributed by atoms with E-state index in [0.717, 1.165) is 0 Å². The van der Waals surface area contributed by atoms with Gasteiger partial charge >= 0.3 is 8.68 Å². The van der Waals surface area contributed by atoms with E-state index in [1.807, 2.05) is 26.0 Å². The van der Waals surface area contributed by atoms with Crippen LogP contribution in [0.15, 0.2) is 0 Å². The van der Waals surface area contributed by atoms with Crippen molar-refractivity contribution in [2.45, 2.75) is 19.8 Å². The first-order valence-electron chi connectivity index (χ1n) is 4.43. The summed E-state index contributed by atoms with van der Waals surface area (Å²) in [4.78, 5) is 2.00. The largest absolute Gasteiger partial charge is 1.00 e. The van der Waals surface area contributed by atoms with Gasteiger partial charge in [-0.2, -0.15) is 0 Å². The standard InChI is InChI=1S/C4H11NO2.C3H9N.BF4/c1-3-7-4(2,5)6;1-4(2)3;2-1(3,4)5/h6H,3,5H2,1-2H3;1-3H3;/q;;-1/p+1. The molecule has 0 bridgehead atoms. The summed E-state index contributed by atoms with van der Waals surface area (Å²) in [6.07, 6.45) is 0. The number of rotatable bonds is 2. The van der Waals surface area contributed by atoms with Crippen LogP contribution < -0.4 is 5.73 Å². The zero-order valence-corrected chi connectivity index (χ0v) is 10.2. The maximum Gasteiger partial charge on any atom is 1.00 e. The second kappa shape index (κ2) is 9.82. The van der Waals surface area contributed by atoms with Crippen LogP contribution in [0.4, 0.5) is 17.3 Å². The molecule has 0 aromatic carbocycles. The minimum Gasteiger partial charge on any atom is -0.418 e. The summed E-state index contributed by atoms with van der Waals surface area (Å²) in [5.41, 5.74) is 4.98. The summed E-state index contributed by atoms with van der Waals surface area (Å²) < 4.78 is 43.6. The number of hydrogen-bond acceptors (Lipinski definition) is 4. The van der Waals surface area contributed by atoms with Crippen LogP contribution in [0, 0.1) is 0 Å². The van der Waals surface area contributed by atoms with Crippen LogP contribution in [-0.4, -0.2) is 50.9 Å². The molecular formula is C7H21BF4N2O2.